The monoisotopic (exact) mass is 322 g/mol. The van der Waals surface area contributed by atoms with Gasteiger partial charge in [0, 0.05) is 18.7 Å². The molecule has 1 saturated heterocycles. The fourth-order valence-corrected chi connectivity index (χ4v) is 2.56. The number of nitrogens with zero attached hydrogens (tertiary/aromatic N) is 2. The average molecular weight is 323 g/mol. The molecule has 1 aliphatic heterocycles. The van der Waals surface area contributed by atoms with Gasteiger partial charge in [0.25, 0.3) is 5.91 Å². The molecule has 1 aliphatic rings. The summed E-state index contributed by atoms with van der Waals surface area (Å²) in [4.78, 5) is 18.6. The number of carbonyl (C=O) groups is 1. The number of hydrogen-bond donors (Lipinski definition) is 2. The van der Waals surface area contributed by atoms with E-state index in [9.17, 15) is 4.79 Å². The Kier molecular flexibility index (Phi) is 6.68. The number of amides is 1. The third kappa shape index (κ3) is 5.31. The number of aliphatic imine (C=N–C) groups is 1. The normalized spacial score (nSPS) is 16.5. The molecule has 2 rings (SSSR count). The van der Waals surface area contributed by atoms with Crippen molar-refractivity contribution in [3.8, 4) is 0 Å². The summed E-state index contributed by atoms with van der Waals surface area (Å²) in [5.74, 6) is 0.497. The molecule has 0 bridgehead atoms. The molecule has 6 heteroatoms. The molecule has 1 aromatic carbocycles. The first kappa shape index (κ1) is 16.8. The molecular weight excluding hydrogens is 300 g/mol. The molecule has 0 aromatic heterocycles. The molecule has 0 unspecified atom stereocenters. The van der Waals surface area contributed by atoms with Crippen LogP contribution in [0.5, 0.6) is 0 Å². The molecule has 0 spiro atoms. The van der Waals surface area contributed by atoms with E-state index in [-0.39, 0.29) is 11.8 Å². The maximum absolute atomic E-state index is 12.1. The fraction of sp³-hybridized carbons (Fsp3) is 0.500. The highest BCUT2D eigenvalue weighted by molar-refractivity contribution is 6.28. The molecule has 5 nitrogen and oxygen atoms in total. The van der Waals surface area contributed by atoms with Crippen molar-refractivity contribution in [2.75, 3.05) is 32.1 Å². The summed E-state index contributed by atoms with van der Waals surface area (Å²) in [6.45, 7) is 3.88. The molecule has 1 amide bonds. The van der Waals surface area contributed by atoms with Crippen molar-refractivity contribution < 1.29 is 4.79 Å². The highest BCUT2D eigenvalue weighted by Crippen LogP contribution is 2.13. The molecular formula is C16H23ClN4O. The van der Waals surface area contributed by atoms with Crippen molar-refractivity contribution in [3.05, 3.63) is 29.8 Å². The van der Waals surface area contributed by atoms with Crippen LogP contribution in [0.2, 0.25) is 0 Å². The summed E-state index contributed by atoms with van der Waals surface area (Å²) < 4.78 is 0. The van der Waals surface area contributed by atoms with Gasteiger partial charge in [-0.05, 0) is 50.2 Å². The van der Waals surface area contributed by atoms with Crippen molar-refractivity contribution in [1.82, 2.24) is 10.2 Å². The largest absolute Gasteiger partial charge is 0.386 e. The number of carbonyl (C=O) groups excluding carboxylic acids is 1. The lowest BCUT2D eigenvalue weighted by Crippen LogP contribution is -2.37. The van der Waals surface area contributed by atoms with Crippen LogP contribution in [0.25, 0.3) is 0 Å². The van der Waals surface area contributed by atoms with E-state index in [1.54, 1.807) is 24.3 Å². The predicted octanol–water partition coefficient (Wildman–Crippen LogP) is 2.13. The minimum atomic E-state index is -0.0575. The van der Waals surface area contributed by atoms with E-state index in [1.807, 2.05) is 0 Å². The number of benzene rings is 1. The summed E-state index contributed by atoms with van der Waals surface area (Å²) in [5.41, 5.74) is 6.90. The van der Waals surface area contributed by atoms with Crippen LogP contribution in [0.1, 0.15) is 29.6 Å². The van der Waals surface area contributed by atoms with E-state index in [4.69, 9.17) is 17.3 Å². The number of halogens is 1. The summed E-state index contributed by atoms with van der Waals surface area (Å²) >= 11 is 5.58. The zero-order valence-electron chi connectivity index (χ0n) is 12.7. The fourth-order valence-electron chi connectivity index (χ4n) is 2.50. The van der Waals surface area contributed by atoms with Gasteiger partial charge in [0.1, 0.15) is 5.84 Å². The van der Waals surface area contributed by atoms with Gasteiger partial charge >= 0.3 is 0 Å². The number of alkyl halides is 1. The second kappa shape index (κ2) is 8.76. The number of piperidine rings is 1. The smallest absolute Gasteiger partial charge is 0.251 e. The maximum Gasteiger partial charge on any atom is 0.251 e. The second-order valence-corrected chi connectivity index (χ2v) is 5.71. The molecule has 1 fully saturated rings. The molecule has 1 aromatic rings. The van der Waals surface area contributed by atoms with E-state index < -0.39 is 0 Å². The maximum atomic E-state index is 12.1. The Morgan fingerprint density at radius 3 is 2.55 bits per heavy atom. The topological polar surface area (TPSA) is 70.7 Å². The molecule has 3 N–H and O–H groups in total. The van der Waals surface area contributed by atoms with Crippen LogP contribution in [0, 0.1) is 0 Å². The van der Waals surface area contributed by atoms with Crippen molar-refractivity contribution >= 4 is 29.0 Å². The highest BCUT2D eigenvalue weighted by Gasteiger charge is 2.10. The Morgan fingerprint density at radius 2 is 1.91 bits per heavy atom. The number of hydrogen-bond acceptors (Lipinski definition) is 3. The zero-order chi connectivity index (χ0) is 15.8. The van der Waals surface area contributed by atoms with E-state index in [2.05, 4.69) is 15.2 Å². The molecule has 0 aliphatic carbocycles. The third-order valence-corrected chi connectivity index (χ3v) is 3.98. The van der Waals surface area contributed by atoms with Crippen LogP contribution in [0.3, 0.4) is 0 Å². The van der Waals surface area contributed by atoms with E-state index in [1.165, 1.54) is 19.3 Å². The van der Waals surface area contributed by atoms with Gasteiger partial charge in [0.15, 0.2) is 0 Å². The Labute approximate surface area is 136 Å². The summed E-state index contributed by atoms with van der Waals surface area (Å²) in [5, 5.41) is 2.96. The van der Waals surface area contributed by atoms with Crippen LogP contribution in [-0.2, 0) is 0 Å². The van der Waals surface area contributed by atoms with Crippen LogP contribution in [-0.4, -0.2) is 48.7 Å². The highest BCUT2D eigenvalue weighted by atomic mass is 35.5. The van der Waals surface area contributed by atoms with E-state index in [0.717, 1.165) is 19.6 Å². The summed E-state index contributed by atoms with van der Waals surface area (Å²) in [6.07, 6.45) is 3.86. The number of rotatable bonds is 6. The SMILES string of the molecule is NC(CCl)=Nc1ccc(C(=O)NCCN2CCCCC2)cc1. The van der Waals surface area contributed by atoms with E-state index in [0.29, 0.717) is 23.6 Å². The van der Waals surface area contributed by atoms with E-state index >= 15 is 0 Å². The lowest BCUT2D eigenvalue weighted by atomic mass is 10.1. The third-order valence-electron chi connectivity index (χ3n) is 3.70. The van der Waals surface area contributed by atoms with Crippen LogP contribution in [0.4, 0.5) is 5.69 Å². The Morgan fingerprint density at radius 1 is 1.23 bits per heavy atom. The number of nitrogens with two attached hydrogens (primary N) is 1. The van der Waals surface area contributed by atoms with Gasteiger partial charge in [-0.2, -0.15) is 0 Å². The van der Waals surface area contributed by atoms with Crippen molar-refractivity contribution in [2.45, 2.75) is 19.3 Å². The van der Waals surface area contributed by atoms with Crippen molar-refractivity contribution in [2.24, 2.45) is 10.7 Å². The van der Waals surface area contributed by atoms with Crippen LogP contribution < -0.4 is 11.1 Å². The lowest BCUT2D eigenvalue weighted by molar-refractivity contribution is 0.0946. The molecule has 22 heavy (non-hydrogen) atoms. The predicted molar refractivity (Wildman–Crippen MR) is 91.1 cm³/mol. The molecule has 120 valence electrons. The van der Waals surface area contributed by atoms with Crippen LogP contribution >= 0.6 is 11.6 Å². The second-order valence-electron chi connectivity index (χ2n) is 5.44. The van der Waals surface area contributed by atoms with Crippen molar-refractivity contribution in [3.63, 3.8) is 0 Å². The minimum absolute atomic E-state index is 0.0575. The Hall–Kier alpha value is -1.59. The average Bonchev–Trinajstić information content (AvgIpc) is 2.56. The molecule has 0 radical (unpaired) electrons. The van der Waals surface area contributed by atoms with Gasteiger partial charge < -0.3 is 16.0 Å². The first-order valence-electron chi connectivity index (χ1n) is 7.68. The Balaban J connectivity index is 1.79. The summed E-state index contributed by atoms with van der Waals surface area (Å²) in [6, 6.07) is 7.02. The van der Waals surface area contributed by atoms with Gasteiger partial charge in [-0.25, -0.2) is 4.99 Å². The standard InChI is InChI=1S/C16H23ClN4O/c17-12-15(18)20-14-6-4-13(5-7-14)16(22)19-8-11-21-9-2-1-3-10-21/h4-7H,1-3,8-12H2,(H2,18,20)(H,19,22). The number of likely N-dealkylation sites (tertiary alicyclic amines) is 1. The molecule has 1 heterocycles. The van der Waals surface area contributed by atoms with Gasteiger partial charge in [0.2, 0.25) is 0 Å². The Bertz CT molecular complexity index is 509. The van der Waals surface area contributed by atoms with Gasteiger partial charge in [-0.3, -0.25) is 4.79 Å². The van der Waals surface area contributed by atoms with Crippen molar-refractivity contribution in [1.29, 1.82) is 0 Å². The molecule has 0 saturated carbocycles. The first-order valence-corrected chi connectivity index (χ1v) is 8.22. The van der Waals surface area contributed by atoms with Gasteiger partial charge in [-0.1, -0.05) is 6.42 Å². The molecule has 0 atom stereocenters. The number of nitrogens with one attached hydrogen (secondary N) is 1. The summed E-state index contributed by atoms with van der Waals surface area (Å²) in [7, 11) is 0. The minimum Gasteiger partial charge on any atom is -0.386 e. The zero-order valence-corrected chi connectivity index (χ0v) is 13.5. The number of amidine groups is 1. The quantitative estimate of drug-likeness (QED) is 0.479. The first-order chi connectivity index (χ1) is 10.7. The van der Waals surface area contributed by atoms with Gasteiger partial charge in [0.05, 0.1) is 11.6 Å². The lowest BCUT2D eigenvalue weighted by Gasteiger charge is -2.26. The van der Waals surface area contributed by atoms with Gasteiger partial charge in [-0.15, -0.1) is 11.6 Å². The van der Waals surface area contributed by atoms with Crippen LogP contribution in [0.15, 0.2) is 29.3 Å².